The lowest BCUT2D eigenvalue weighted by atomic mass is 10.1. The average molecular weight is 279 g/mol. The van der Waals surface area contributed by atoms with Crippen LogP contribution >= 0.6 is 0 Å². The average Bonchev–Trinajstić information content (AvgIpc) is 2.41. The summed E-state index contributed by atoms with van der Waals surface area (Å²) in [6, 6.07) is 1.23. The number of carbonyl (C=O) groups excluding carboxylic acids is 1. The van der Waals surface area contributed by atoms with Crippen molar-refractivity contribution in [2.24, 2.45) is 10.1 Å². The van der Waals surface area contributed by atoms with Crippen molar-refractivity contribution in [1.82, 2.24) is 5.32 Å². The normalized spacial score (nSPS) is 11.0. The van der Waals surface area contributed by atoms with Crippen LogP contribution in [0.25, 0.3) is 0 Å². The quantitative estimate of drug-likeness (QED) is 0.371. The minimum absolute atomic E-state index is 0.0802. The first-order chi connectivity index (χ1) is 9.62. The number of unbranched alkanes of at least 4 members (excludes halogenated alkanes) is 1. The van der Waals surface area contributed by atoms with Gasteiger partial charge < -0.3 is 9.25 Å². The number of hydrogen-bond donors (Lipinski definition) is 1. The molecule has 0 aliphatic rings. The van der Waals surface area contributed by atoms with Crippen molar-refractivity contribution in [3.63, 3.8) is 0 Å². The fraction of sp³-hybridized carbons (Fsp3) is 0.385. The van der Waals surface area contributed by atoms with Gasteiger partial charge in [-0.05, 0) is 25.3 Å². The lowest BCUT2D eigenvalue weighted by molar-refractivity contribution is -0.108. The smallest absolute Gasteiger partial charge is 0.337 e. The van der Waals surface area contributed by atoms with Crippen molar-refractivity contribution in [3.05, 3.63) is 27.6 Å². The molecule has 0 unspecified atom stereocenters. The van der Waals surface area contributed by atoms with E-state index in [4.69, 9.17) is 4.42 Å². The van der Waals surface area contributed by atoms with Gasteiger partial charge in [-0.15, -0.1) is 0 Å². The van der Waals surface area contributed by atoms with Gasteiger partial charge in [0.05, 0.1) is 0 Å². The Morgan fingerprint density at radius 3 is 2.95 bits per heavy atom. The number of oxime groups is 1. The molecule has 1 rings (SSSR count). The largest absolute Gasteiger partial charge is 0.404 e. The minimum atomic E-state index is -0.502. The molecule has 7 heteroatoms. The molecule has 0 aliphatic heterocycles. The van der Waals surface area contributed by atoms with Gasteiger partial charge in [0.2, 0.25) is 12.3 Å². The first kappa shape index (κ1) is 15.6. The summed E-state index contributed by atoms with van der Waals surface area (Å²) in [5, 5.41) is 5.35. The van der Waals surface area contributed by atoms with E-state index in [0.717, 1.165) is 30.4 Å². The summed E-state index contributed by atoms with van der Waals surface area (Å²) in [5.41, 5.74) is 1.08. The summed E-state index contributed by atoms with van der Waals surface area (Å²) in [4.78, 5) is 30.5. The Balaban J connectivity index is 3.18. The number of hydrogen-bond acceptors (Lipinski definition) is 6. The number of carbonyl (C=O) groups is 1. The minimum Gasteiger partial charge on any atom is -0.404 e. The Bertz CT molecular complexity index is 551. The second kappa shape index (κ2) is 7.88. The van der Waals surface area contributed by atoms with Crippen LogP contribution < -0.4 is 10.9 Å². The first-order valence-corrected chi connectivity index (χ1v) is 6.17. The van der Waals surface area contributed by atoms with Gasteiger partial charge in [0.25, 0.3) is 0 Å². The van der Waals surface area contributed by atoms with Crippen molar-refractivity contribution in [2.45, 2.75) is 33.1 Å². The monoisotopic (exact) mass is 279 g/mol. The molecule has 108 valence electrons. The lowest BCUT2D eigenvalue weighted by Gasteiger charge is -2.07. The summed E-state index contributed by atoms with van der Waals surface area (Å²) in [6.07, 6.45) is 3.10. The van der Waals surface area contributed by atoms with Gasteiger partial charge in [-0.3, -0.25) is 10.1 Å². The molecule has 0 atom stereocenters. The summed E-state index contributed by atoms with van der Waals surface area (Å²) in [6.45, 7) is 6.97. The molecular formula is C13H17N3O4. The third kappa shape index (κ3) is 4.34. The summed E-state index contributed by atoms with van der Waals surface area (Å²) in [7, 11) is 0. The molecule has 0 radical (unpaired) electrons. The van der Waals surface area contributed by atoms with Gasteiger partial charge >= 0.3 is 11.6 Å². The van der Waals surface area contributed by atoms with Gasteiger partial charge in [-0.1, -0.05) is 18.5 Å². The standard InChI is InChI=1S/C13H17N3O4/c1-4-5-6-10-7-11(18)19-12(9(10)2)16-13(15-8-17)20-14-3/h7-8H,3-6H2,1-2H3,(H,15,16,17). The summed E-state index contributed by atoms with van der Waals surface area (Å²) in [5.74, 6) is 0.0802. The van der Waals surface area contributed by atoms with Crippen molar-refractivity contribution >= 4 is 25.0 Å². The van der Waals surface area contributed by atoms with Crippen LogP contribution in [-0.4, -0.2) is 19.1 Å². The Morgan fingerprint density at radius 1 is 1.60 bits per heavy atom. The van der Waals surface area contributed by atoms with Crippen LogP contribution in [0.4, 0.5) is 5.88 Å². The van der Waals surface area contributed by atoms with E-state index in [0.29, 0.717) is 6.41 Å². The van der Waals surface area contributed by atoms with Gasteiger partial charge in [-0.2, -0.15) is 4.99 Å². The SMILES string of the molecule is C=NO/C(=N/c1oc(=O)cc(CCCC)c1C)NC=O. The molecule has 0 spiro atoms. The van der Waals surface area contributed by atoms with Gasteiger partial charge in [0.1, 0.15) is 0 Å². The molecule has 1 amide bonds. The predicted octanol–water partition coefficient (Wildman–Crippen LogP) is 1.66. The van der Waals surface area contributed by atoms with Crippen LogP contribution in [0.2, 0.25) is 0 Å². The first-order valence-electron chi connectivity index (χ1n) is 6.17. The zero-order chi connectivity index (χ0) is 15.0. The number of amides is 1. The maximum Gasteiger partial charge on any atom is 0.337 e. The maximum atomic E-state index is 11.5. The summed E-state index contributed by atoms with van der Waals surface area (Å²) < 4.78 is 5.01. The van der Waals surface area contributed by atoms with E-state index < -0.39 is 5.63 Å². The Labute approximate surface area is 116 Å². The third-order valence-corrected chi connectivity index (χ3v) is 2.63. The molecule has 1 N–H and O–H groups in total. The molecule has 0 aromatic carbocycles. The highest BCUT2D eigenvalue weighted by Crippen LogP contribution is 2.21. The van der Waals surface area contributed by atoms with Crippen LogP contribution in [0.5, 0.6) is 0 Å². The highest BCUT2D eigenvalue weighted by molar-refractivity contribution is 5.85. The highest BCUT2D eigenvalue weighted by Gasteiger charge is 2.10. The molecule has 20 heavy (non-hydrogen) atoms. The van der Waals surface area contributed by atoms with E-state index in [1.165, 1.54) is 6.07 Å². The van der Waals surface area contributed by atoms with Crippen LogP contribution in [-0.2, 0) is 16.1 Å². The molecule has 0 fully saturated rings. The fourth-order valence-electron chi connectivity index (χ4n) is 1.61. The second-order valence-electron chi connectivity index (χ2n) is 4.02. The van der Waals surface area contributed by atoms with Crippen LogP contribution in [0.3, 0.4) is 0 Å². The zero-order valence-electron chi connectivity index (χ0n) is 11.5. The highest BCUT2D eigenvalue weighted by atomic mass is 16.6. The van der Waals surface area contributed by atoms with E-state index in [1.807, 2.05) is 0 Å². The van der Waals surface area contributed by atoms with E-state index in [-0.39, 0.29) is 11.9 Å². The van der Waals surface area contributed by atoms with Crippen LogP contribution in [0.1, 0.15) is 30.9 Å². The van der Waals surface area contributed by atoms with Crippen LogP contribution in [0, 0.1) is 6.92 Å². The molecule has 0 aliphatic carbocycles. The summed E-state index contributed by atoms with van der Waals surface area (Å²) >= 11 is 0. The van der Waals surface area contributed by atoms with Gasteiger partial charge in [0.15, 0.2) is 0 Å². The molecule has 1 aromatic rings. The van der Waals surface area contributed by atoms with E-state index in [9.17, 15) is 9.59 Å². The Kier molecular flexibility index (Phi) is 6.15. The second-order valence-corrected chi connectivity index (χ2v) is 4.02. The Morgan fingerprint density at radius 2 is 2.35 bits per heavy atom. The van der Waals surface area contributed by atoms with E-state index in [2.05, 4.69) is 33.9 Å². The van der Waals surface area contributed by atoms with Crippen molar-refractivity contribution in [2.75, 3.05) is 0 Å². The molecule has 0 saturated heterocycles. The van der Waals surface area contributed by atoms with Crippen molar-refractivity contribution < 1.29 is 14.0 Å². The lowest BCUT2D eigenvalue weighted by Crippen LogP contribution is -2.22. The van der Waals surface area contributed by atoms with E-state index in [1.54, 1.807) is 6.92 Å². The van der Waals surface area contributed by atoms with E-state index >= 15 is 0 Å². The van der Waals surface area contributed by atoms with Crippen LogP contribution in [0.15, 0.2) is 25.4 Å². The predicted molar refractivity (Wildman–Crippen MR) is 75.3 cm³/mol. The molecular weight excluding hydrogens is 262 g/mol. The van der Waals surface area contributed by atoms with Crippen molar-refractivity contribution in [1.29, 1.82) is 0 Å². The van der Waals surface area contributed by atoms with Gasteiger partial charge in [0, 0.05) is 18.3 Å². The number of nitrogens with one attached hydrogen (secondary N) is 1. The molecule has 0 bridgehead atoms. The van der Waals surface area contributed by atoms with Gasteiger partial charge in [-0.25, -0.2) is 4.79 Å². The Hall–Kier alpha value is -2.44. The number of rotatable bonds is 6. The fourth-order valence-corrected chi connectivity index (χ4v) is 1.61. The number of amidine groups is 1. The van der Waals surface area contributed by atoms with Crippen molar-refractivity contribution in [3.8, 4) is 0 Å². The molecule has 7 nitrogen and oxygen atoms in total. The molecule has 1 aromatic heterocycles. The number of aryl methyl sites for hydroxylation is 1. The topological polar surface area (TPSA) is 93.3 Å². The number of aliphatic imine (C=N–C) groups is 1. The zero-order valence-corrected chi connectivity index (χ0v) is 11.5. The maximum absolute atomic E-state index is 11.5. The molecule has 1 heterocycles. The molecule has 0 saturated carbocycles. The number of nitrogens with zero attached hydrogens (tertiary/aromatic N) is 2. The third-order valence-electron chi connectivity index (χ3n) is 2.63.